The van der Waals surface area contributed by atoms with Crippen molar-refractivity contribution < 1.29 is 19.1 Å². The molecule has 36 heavy (non-hydrogen) atoms. The molecule has 1 aromatic heterocycles. The number of rotatable bonds is 7. The Balaban J connectivity index is 1.38. The first-order valence-electron chi connectivity index (χ1n) is 11.6. The van der Waals surface area contributed by atoms with E-state index in [1.807, 2.05) is 91.0 Å². The van der Waals surface area contributed by atoms with E-state index in [9.17, 15) is 9.59 Å². The summed E-state index contributed by atoms with van der Waals surface area (Å²) in [5.41, 5.74) is 3.52. The van der Waals surface area contributed by atoms with E-state index in [2.05, 4.69) is 5.32 Å². The molecule has 0 saturated carbocycles. The SMILES string of the molecule is COc1ccc2cc(-c3cc(C(=O)OCC(=O)NCc4ccccc4)c4ccccc4n3)ccc2c1. The Labute approximate surface area is 208 Å². The minimum absolute atomic E-state index is 0.362. The number of methoxy groups -OCH3 is 1. The van der Waals surface area contributed by atoms with Gasteiger partial charge in [-0.15, -0.1) is 0 Å². The predicted molar refractivity (Wildman–Crippen MR) is 140 cm³/mol. The minimum atomic E-state index is -0.574. The summed E-state index contributed by atoms with van der Waals surface area (Å²) in [4.78, 5) is 30.1. The van der Waals surface area contributed by atoms with Gasteiger partial charge in [-0.05, 0) is 46.7 Å². The molecule has 178 valence electrons. The number of carbonyl (C=O) groups excluding carboxylic acids is 2. The third kappa shape index (κ3) is 5.03. The highest BCUT2D eigenvalue weighted by molar-refractivity contribution is 6.05. The molecule has 1 amide bonds. The van der Waals surface area contributed by atoms with Gasteiger partial charge in [0, 0.05) is 17.5 Å². The molecule has 1 heterocycles. The monoisotopic (exact) mass is 476 g/mol. The fourth-order valence-electron chi connectivity index (χ4n) is 4.06. The van der Waals surface area contributed by atoms with Gasteiger partial charge >= 0.3 is 5.97 Å². The van der Waals surface area contributed by atoms with Crippen molar-refractivity contribution in [1.82, 2.24) is 10.3 Å². The van der Waals surface area contributed by atoms with Crippen LogP contribution >= 0.6 is 0 Å². The lowest BCUT2D eigenvalue weighted by Crippen LogP contribution is -2.28. The third-order valence-corrected chi connectivity index (χ3v) is 5.95. The smallest absolute Gasteiger partial charge is 0.339 e. The summed E-state index contributed by atoms with van der Waals surface area (Å²) in [6, 6.07) is 30.5. The predicted octanol–water partition coefficient (Wildman–Crippen LogP) is 5.54. The van der Waals surface area contributed by atoms with Crippen molar-refractivity contribution >= 4 is 33.6 Å². The summed E-state index contributed by atoms with van der Waals surface area (Å²) in [6.45, 7) is 0.00283. The highest BCUT2D eigenvalue weighted by Gasteiger charge is 2.17. The van der Waals surface area contributed by atoms with Crippen molar-refractivity contribution in [3.8, 4) is 17.0 Å². The maximum atomic E-state index is 13.1. The van der Waals surface area contributed by atoms with Gasteiger partial charge in [0.05, 0.1) is 23.9 Å². The normalized spacial score (nSPS) is 10.8. The second kappa shape index (κ2) is 10.3. The second-order valence-corrected chi connectivity index (χ2v) is 8.34. The van der Waals surface area contributed by atoms with E-state index < -0.39 is 5.97 Å². The van der Waals surface area contributed by atoms with Crippen molar-refractivity contribution in [1.29, 1.82) is 0 Å². The summed E-state index contributed by atoms with van der Waals surface area (Å²) < 4.78 is 10.7. The van der Waals surface area contributed by atoms with Crippen LogP contribution in [-0.4, -0.2) is 30.6 Å². The number of benzene rings is 4. The number of hydrogen-bond donors (Lipinski definition) is 1. The van der Waals surface area contributed by atoms with Gasteiger partial charge in [0.1, 0.15) is 5.75 Å². The molecule has 0 fully saturated rings. The lowest BCUT2D eigenvalue weighted by Gasteiger charge is -2.11. The van der Waals surface area contributed by atoms with Crippen LogP contribution in [0.25, 0.3) is 32.9 Å². The van der Waals surface area contributed by atoms with Crippen LogP contribution in [0.5, 0.6) is 5.75 Å². The second-order valence-electron chi connectivity index (χ2n) is 8.34. The number of ether oxygens (including phenoxy) is 2. The number of nitrogens with one attached hydrogen (secondary N) is 1. The van der Waals surface area contributed by atoms with Gasteiger partial charge in [-0.25, -0.2) is 9.78 Å². The zero-order valence-corrected chi connectivity index (χ0v) is 19.7. The van der Waals surface area contributed by atoms with Crippen LogP contribution < -0.4 is 10.1 Å². The molecular weight excluding hydrogens is 452 g/mol. The molecule has 0 saturated heterocycles. The summed E-state index contributed by atoms with van der Waals surface area (Å²) in [5.74, 6) is -0.150. The first-order valence-corrected chi connectivity index (χ1v) is 11.6. The molecule has 0 unspecified atom stereocenters. The number of pyridine rings is 1. The summed E-state index contributed by atoms with van der Waals surface area (Å²) >= 11 is 0. The average Bonchev–Trinajstić information content (AvgIpc) is 2.94. The van der Waals surface area contributed by atoms with Gasteiger partial charge in [0.15, 0.2) is 6.61 Å². The molecule has 6 nitrogen and oxygen atoms in total. The first-order chi connectivity index (χ1) is 17.6. The van der Waals surface area contributed by atoms with E-state index >= 15 is 0 Å². The molecule has 0 atom stereocenters. The Kier molecular flexibility index (Phi) is 6.58. The Morgan fingerprint density at radius 3 is 2.42 bits per heavy atom. The molecule has 4 aromatic carbocycles. The van der Waals surface area contributed by atoms with Crippen LogP contribution in [0.15, 0.2) is 97.1 Å². The minimum Gasteiger partial charge on any atom is -0.497 e. The fraction of sp³-hybridized carbons (Fsp3) is 0.100. The summed E-state index contributed by atoms with van der Waals surface area (Å²) in [7, 11) is 1.64. The van der Waals surface area contributed by atoms with Crippen LogP contribution in [-0.2, 0) is 16.1 Å². The van der Waals surface area contributed by atoms with Crippen molar-refractivity contribution in [2.24, 2.45) is 0 Å². The van der Waals surface area contributed by atoms with E-state index in [-0.39, 0.29) is 12.5 Å². The van der Waals surface area contributed by atoms with Gasteiger partial charge in [-0.2, -0.15) is 0 Å². The maximum absolute atomic E-state index is 13.1. The number of hydrogen-bond acceptors (Lipinski definition) is 5. The molecule has 0 aliphatic heterocycles. The topological polar surface area (TPSA) is 77.5 Å². The average molecular weight is 477 g/mol. The van der Waals surface area contributed by atoms with E-state index in [1.165, 1.54) is 0 Å². The lowest BCUT2D eigenvalue weighted by molar-refractivity contribution is -0.124. The number of carbonyl (C=O) groups is 2. The van der Waals surface area contributed by atoms with Crippen LogP contribution in [0.2, 0.25) is 0 Å². The Hall–Kier alpha value is -4.71. The molecule has 1 N–H and O–H groups in total. The van der Waals surface area contributed by atoms with E-state index in [4.69, 9.17) is 14.5 Å². The largest absolute Gasteiger partial charge is 0.497 e. The van der Waals surface area contributed by atoms with Gasteiger partial charge in [-0.1, -0.05) is 66.7 Å². The van der Waals surface area contributed by atoms with Gasteiger partial charge in [-0.3, -0.25) is 4.79 Å². The standard InChI is InChI=1S/C30H24N2O4/c1-35-24-14-13-21-15-23(12-11-22(21)16-24)28-17-26(25-9-5-6-10-27(25)32-28)30(34)36-19-29(33)31-18-20-7-3-2-4-8-20/h2-17H,18-19H2,1H3,(H,31,33). The Morgan fingerprint density at radius 2 is 1.58 bits per heavy atom. The van der Waals surface area contributed by atoms with Crippen LogP contribution in [0, 0.1) is 0 Å². The highest BCUT2D eigenvalue weighted by atomic mass is 16.5. The number of amides is 1. The quantitative estimate of drug-likeness (QED) is 0.312. The van der Waals surface area contributed by atoms with Crippen molar-refractivity contribution in [3.63, 3.8) is 0 Å². The van der Waals surface area contributed by atoms with Crippen LogP contribution in [0.3, 0.4) is 0 Å². The van der Waals surface area contributed by atoms with Crippen molar-refractivity contribution in [3.05, 3.63) is 108 Å². The number of para-hydroxylation sites is 1. The van der Waals surface area contributed by atoms with Crippen molar-refractivity contribution in [2.45, 2.75) is 6.54 Å². The molecule has 6 heteroatoms. The highest BCUT2D eigenvalue weighted by Crippen LogP contribution is 2.29. The molecule has 0 bridgehead atoms. The molecule has 0 aliphatic carbocycles. The van der Waals surface area contributed by atoms with Crippen LogP contribution in [0.4, 0.5) is 0 Å². The van der Waals surface area contributed by atoms with E-state index in [0.717, 1.165) is 27.6 Å². The molecule has 0 spiro atoms. The van der Waals surface area contributed by atoms with Gasteiger partial charge in [0.2, 0.25) is 0 Å². The number of fused-ring (bicyclic) bond motifs is 2. The molecular formula is C30H24N2O4. The zero-order valence-electron chi connectivity index (χ0n) is 19.7. The molecule has 0 radical (unpaired) electrons. The fourth-order valence-corrected chi connectivity index (χ4v) is 4.06. The first kappa shape index (κ1) is 23.1. The summed E-state index contributed by atoms with van der Waals surface area (Å²) in [6.07, 6.45) is 0. The summed E-state index contributed by atoms with van der Waals surface area (Å²) in [5, 5.41) is 5.51. The molecule has 5 aromatic rings. The van der Waals surface area contributed by atoms with Gasteiger partial charge in [0.25, 0.3) is 5.91 Å². The number of nitrogens with zero attached hydrogens (tertiary/aromatic N) is 1. The van der Waals surface area contributed by atoms with E-state index in [0.29, 0.717) is 28.7 Å². The third-order valence-electron chi connectivity index (χ3n) is 5.95. The Bertz CT molecular complexity index is 1560. The molecule has 5 rings (SSSR count). The number of esters is 1. The van der Waals surface area contributed by atoms with Crippen molar-refractivity contribution in [2.75, 3.05) is 13.7 Å². The van der Waals surface area contributed by atoms with E-state index in [1.54, 1.807) is 13.2 Å². The maximum Gasteiger partial charge on any atom is 0.339 e. The number of aromatic nitrogens is 1. The van der Waals surface area contributed by atoms with Gasteiger partial charge < -0.3 is 14.8 Å². The molecule has 0 aliphatic rings. The lowest BCUT2D eigenvalue weighted by atomic mass is 10.0. The van der Waals surface area contributed by atoms with Crippen LogP contribution in [0.1, 0.15) is 15.9 Å². The zero-order chi connectivity index (χ0) is 24.9. The Morgan fingerprint density at radius 1 is 0.833 bits per heavy atom.